The first kappa shape index (κ1) is 17.9. The van der Waals surface area contributed by atoms with E-state index in [1.807, 2.05) is 21.7 Å². The van der Waals surface area contributed by atoms with Gasteiger partial charge in [0.15, 0.2) is 0 Å². The fourth-order valence-electron chi connectivity index (χ4n) is 3.77. The first-order valence-corrected chi connectivity index (χ1v) is 9.71. The molecule has 0 N–H and O–H groups in total. The summed E-state index contributed by atoms with van der Waals surface area (Å²) < 4.78 is 12.1. The lowest BCUT2D eigenvalue weighted by atomic mass is 9.73. The smallest absolute Gasteiger partial charge is 0.254 e. The van der Waals surface area contributed by atoms with Crippen LogP contribution in [0.2, 0.25) is 0 Å². The van der Waals surface area contributed by atoms with Crippen molar-refractivity contribution in [2.24, 2.45) is 5.41 Å². The summed E-state index contributed by atoms with van der Waals surface area (Å²) in [5, 5.41) is 3.90. The molecule has 0 aromatic carbocycles. The third kappa shape index (κ3) is 3.99. The molecule has 2 saturated heterocycles. The molecule has 0 unspecified atom stereocenters. The standard InChI is InChI=1S/C18H28N2O3S/c1-19(2)8-10-22-14-18-6-3-9-23-16(18)4-7-20(13-18)17(21)15-5-11-24-12-15/h5,11-12,16H,3-4,6-10,13-14H2,1-2H3/t16-,18-/m0/s1. The Morgan fingerprint density at radius 2 is 2.42 bits per heavy atom. The zero-order chi connectivity index (χ0) is 17.0. The summed E-state index contributed by atoms with van der Waals surface area (Å²) in [4.78, 5) is 16.9. The molecule has 1 aromatic rings. The number of carbonyl (C=O) groups excluding carboxylic acids is 1. The van der Waals surface area contributed by atoms with Gasteiger partial charge in [0.05, 0.1) is 24.9 Å². The molecule has 6 heteroatoms. The molecule has 3 heterocycles. The average molecular weight is 352 g/mol. The summed E-state index contributed by atoms with van der Waals surface area (Å²) in [6, 6.07) is 1.91. The predicted molar refractivity (Wildman–Crippen MR) is 95.6 cm³/mol. The van der Waals surface area contributed by atoms with E-state index in [4.69, 9.17) is 9.47 Å². The minimum Gasteiger partial charge on any atom is -0.379 e. The molecular weight excluding hydrogens is 324 g/mol. The summed E-state index contributed by atoms with van der Waals surface area (Å²) in [5.41, 5.74) is 0.757. The monoisotopic (exact) mass is 352 g/mol. The number of thiophene rings is 1. The Morgan fingerprint density at radius 3 is 3.17 bits per heavy atom. The van der Waals surface area contributed by atoms with Crippen molar-refractivity contribution in [2.75, 3.05) is 53.6 Å². The summed E-state index contributed by atoms with van der Waals surface area (Å²) >= 11 is 1.57. The second kappa shape index (κ2) is 7.95. The van der Waals surface area contributed by atoms with E-state index in [1.165, 1.54) is 0 Å². The Labute approximate surface area is 148 Å². The molecule has 1 amide bonds. The number of amides is 1. The van der Waals surface area contributed by atoms with Crippen LogP contribution in [0.3, 0.4) is 0 Å². The highest BCUT2D eigenvalue weighted by molar-refractivity contribution is 7.08. The van der Waals surface area contributed by atoms with Gasteiger partial charge in [-0.3, -0.25) is 4.79 Å². The third-order valence-corrected chi connectivity index (χ3v) is 5.80. The number of nitrogens with zero attached hydrogens (tertiary/aromatic N) is 2. The van der Waals surface area contributed by atoms with Crippen molar-refractivity contribution in [3.8, 4) is 0 Å². The van der Waals surface area contributed by atoms with Crippen LogP contribution < -0.4 is 0 Å². The van der Waals surface area contributed by atoms with E-state index >= 15 is 0 Å². The molecule has 5 nitrogen and oxygen atoms in total. The molecule has 0 bridgehead atoms. The van der Waals surface area contributed by atoms with Gasteiger partial charge >= 0.3 is 0 Å². The number of rotatable bonds is 6. The topological polar surface area (TPSA) is 42.0 Å². The van der Waals surface area contributed by atoms with Gasteiger partial charge in [0.2, 0.25) is 0 Å². The van der Waals surface area contributed by atoms with Crippen molar-refractivity contribution in [3.63, 3.8) is 0 Å². The minimum atomic E-state index is -0.0471. The van der Waals surface area contributed by atoms with E-state index in [0.717, 1.165) is 57.7 Å². The fraction of sp³-hybridized carbons (Fsp3) is 0.722. The van der Waals surface area contributed by atoms with Crippen LogP contribution in [0, 0.1) is 5.41 Å². The Morgan fingerprint density at radius 1 is 1.54 bits per heavy atom. The number of carbonyl (C=O) groups is 1. The molecule has 2 fully saturated rings. The summed E-state index contributed by atoms with van der Waals surface area (Å²) in [5.74, 6) is 0.146. The summed E-state index contributed by atoms with van der Waals surface area (Å²) in [6.07, 6.45) is 3.26. The molecule has 0 aliphatic carbocycles. The Hall–Kier alpha value is -0.950. The first-order valence-electron chi connectivity index (χ1n) is 8.76. The molecule has 1 aromatic heterocycles. The highest BCUT2D eigenvalue weighted by Crippen LogP contribution is 2.40. The van der Waals surface area contributed by atoms with Crippen LogP contribution in [0.4, 0.5) is 0 Å². The highest BCUT2D eigenvalue weighted by Gasteiger charge is 2.47. The number of piperidine rings is 1. The Kier molecular flexibility index (Phi) is 5.92. The molecule has 134 valence electrons. The quantitative estimate of drug-likeness (QED) is 0.737. The van der Waals surface area contributed by atoms with E-state index < -0.39 is 0 Å². The van der Waals surface area contributed by atoms with Crippen LogP contribution in [0.5, 0.6) is 0 Å². The van der Waals surface area contributed by atoms with Gasteiger partial charge < -0.3 is 19.3 Å². The molecular formula is C18H28N2O3S. The van der Waals surface area contributed by atoms with Gasteiger partial charge in [-0.2, -0.15) is 11.3 Å². The van der Waals surface area contributed by atoms with Crippen LogP contribution in [-0.4, -0.2) is 75.4 Å². The molecule has 0 spiro atoms. The number of likely N-dealkylation sites (N-methyl/N-ethyl adjacent to an activating group) is 1. The molecule has 0 saturated carbocycles. The van der Waals surface area contributed by atoms with E-state index in [2.05, 4.69) is 19.0 Å². The number of fused-ring (bicyclic) bond motifs is 1. The van der Waals surface area contributed by atoms with Gasteiger partial charge in [-0.25, -0.2) is 0 Å². The largest absolute Gasteiger partial charge is 0.379 e. The van der Waals surface area contributed by atoms with Crippen LogP contribution in [0.15, 0.2) is 16.8 Å². The van der Waals surface area contributed by atoms with Gasteiger partial charge in [0.25, 0.3) is 5.91 Å². The number of hydrogen-bond acceptors (Lipinski definition) is 5. The zero-order valence-corrected chi connectivity index (χ0v) is 15.5. The zero-order valence-electron chi connectivity index (χ0n) is 14.7. The van der Waals surface area contributed by atoms with E-state index in [0.29, 0.717) is 6.61 Å². The number of likely N-dealkylation sites (tertiary alicyclic amines) is 1. The second-order valence-electron chi connectivity index (χ2n) is 7.21. The van der Waals surface area contributed by atoms with Crippen LogP contribution in [-0.2, 0) is 9.47 Å². The van der Waals surface area contributed by atoms with Gasteiger partial charge in [-0.1, -0.05) is 0 Å². The molecule has 0 radical (unpaired) electrons. The average Bonchev–Trinajstić information content (AvgIpc) is 3.12. The first-order chi connectivity index (χ1) is 11.6. The van der Waals surface area contributed by atoms with Gasteiger partial charge in [-0.05, 0) is 44.8 Å². The van der Waals surface area contributed by atoms with Crippen LogP contribution in [0.1, 0.15) is 29.6 Å². The van der Waals surface area contributed by atoms with E-state index in [1.54, 1.807) is 11.3 Å². The van der Waals surface area contributed by atoms with Crippen molar-refractivity contribution in [2.45, 2.75) is 25.4 Å². The maximum Gasteiger partial charge on any atom is 0.254 e. The van der Waals surface area contributed by atoms with Gasteiger partial charge in [-0.15, -0.1) is 0 Å². The molecule has 3 rings (SSSR count). The Balaban J connectivity index is 1.66. The third-order valence-electron chi connectivity index (χ3n) is 5.12. The molecule has 24 heavy (non-hydrogen) atoms. The summed E-state index contributed by atoms with van der Waals surface area (Å²) in [7, 11) is 4.10. The van der Waals surface area contributed by atoms with Crippen LogP contribution >= 0.6 is 11.3 Å². The van der Waals surface area contributed by atoms with E-state index in [9.17, 15) is 4.79 Å². The number of ether oxygens (including phenoxy) is 2. The van der Waals surface area contributed by atoms with Crippen molar-refractivity contribution in [1.82, 2.24) is 9.80 Å². The van der Waals surface area contributed by atoms with Crippen molar-refractivity contribution < 1.29 is 14.3 Å². The molecule has 2 aliphatic rings. The second-order valence-corrected chi connectivity index (χ2v) is 7.99. The predicted octanol–water partition coefficient (Wildman–Crippen LogP) is 2.34. The SMILES string of the molecule is CN(C)CCOC[C@@]12CCCO[C@H]1CCN(C(=O)c1ccsc1)C2. The molecule has 2 aliphatic heterocycles. The Bertz CT molecular complexity index is 534. The fourth-order valence-corrected chi connectivity index (χ4v) is 4.40. The van der Waals surface area contributed by atoms with E-state index in [-0.39, 0.29) is 17.4 Å². The van der Waals surface area contributed by atoms with Crippen molar-refractivity contribution >= 4 is 17.2 Å². The lowest BCUT2D eigenvalue weighted by Crippen LogP contribution is -2.58. The van der Waals surface area contributed by atoms with Crippen LogP contribution in [0.25, 0.3) is 0 Å². The number of hydrogen-bond donors (Lipinski definition) is 0. The van der Waals surface area contributed by atoms with Crippen molar-refractivity contribution in [1.29, 1.82) is 0 Å². The van der Waals surface area contributed by atoms with Gasteiger partial charge in [0, 0.05) is 37.0 Å². The van der Waals surface area contributed by atoms with Crippen molar-refractivity contribution in [3.05, 3.63) is 22.4 Å². The normalized spacial score (nSPS) is 27.3. The maximum absolute atomic E-state index is 12.7. The minimum absolute atomic E-state index is 0.0471. The molecule has 2 atom stereocenters. The summed E-state index contributed by atoms with van der Waals surface area (Å²) in [6.45, 7) is 4.67. The lowest BCUT2D eigenvalue weighted by molar-refractivity contribution is -0.147. The lowest BCUT2D eigenvalue weighted by Gasteiger charge is -2.50. The maximum atomic E-state index is 12.7. The highest BCUT2D eigenvalue weighted by atomic mass is 32.1. The van der Waals surface area contributed by atoms with Gasteiger partial charge in [0.1, 0.15) is 0 Å².